The molecule has 0 radical (unpaired) electrons. The van der Waals surface area contributed by atoms with Crippen LogP contribution >= 0.6 is 0 Å². The van der Waals surface area contributed by atoms with Gasteiger partial charge in [0.05, 0.1) is 25.2 Å². The topological polar surface area (TPSA) is 90.3 Å². The summed E-state index contributed by atoms with van der Waals surface area (Å²) in [6.07, 6.45) is 1.63. The van der Waals surface area contributed by atoms with Crippen LogP contribution in [0, 0.1) is 11.8 Å². The molecule has 2 amide bonds. The summed E-state index contributed by atoms with van der Waals surface area (Å²) in [7, 11) is 0. The van der Waals surface area contributed by atoms with Crippen molar-refractivity contribution in [3.8, 4) is 0 Å². The van der Waals surface area contributed by atoms with Crippen molar-refractivity contribution in [1.82, 2.24) is 9.80 Å². The molecule has 0 bridgehead atoms. The van der Waals surface area contributed by atoms with E-state index in [2.05, 4.69) is 0 Å². The average molecular weight is 300 g/mol. The zero-order valence-corrected chi connectivity index (χ0v) is 12.4. The molecule has 0 spiro atoms. The number of carboxylic acid groups (broad SMARTS) is 1. The molecule has 2 unspecified atom stereocenters. The van der Waals surface area contributed by atoms with Gasteiger partial charge in [-0.1, -0.05) is 6.92 Å². The monoisotopic (exact) mass is 300 g/mol. The SMILES string of the molecule is CC1CN(C(=O)N2CCC(OCCO)CC2)CC1C(=O)O. The summed E-state index contributed by atoms with van der Waals surface area (Å²) in [5, 5.41) is 17.9. The van der Waals surface area contributed by atoms with Crippen LogP contribution < -0.4 is 0 Å². The predicted molar refractivity (Wildman–Crippen MR) is 74.9 cm³/mol. The molecule has 2 atom stereocenters. The van der Waals surface area contributed by atoms with Crippen molar-refractivity contribution in [2.45, 2.75) is 25.9 Å². The minimum absolute atomic E-state index is 0.00289. The van der Waals surface area contributed by atoms with E-state index in [1.165, 1.54) is 0 Å². The van der Waals surface area contributed by atoms with E-state index in [9.17, 15) is 9.59 Å². The van der Waals surface area contributed by atoms with Gasteiger partial charge in [0.15, 0.2) is 0 Å². The molecule has 21 heavy (non-hydrogen) atoms. The standard InChI is InChI=1S/C14H24N2O5/c1-10-8-16(9-12(10)13(18)19)14(20)15-4-2-11(3-5-15)21-7-6-17/h10-12,17H,2-9H2,1H3,(H,18,19). The Hall–Kier alpha value is -1.34. The molecular weight excluding hydrogens is 276 g/mol. The smallest absolute Gasteiger partial charge is 0.320 e. The number of amides is 2. The van der Waals surface area contributed by atoms with E-state index < -0.39 is 11.9 Å². The normalized spacial score (nSPS) is 27.1. The number of aliphatic carboxylic acids is 1. The van der Waals surface area contributed by atoms with Crippen molar-refractivity contribution >= 4 is 12.0 Å². The molecule has 2 fully saturated rings. The lowest BCUT2D eigenvalue weighted by Crippen LogP contribution is -2.47. The molecule has 2 rings (SSSR count). The minimum atomic E-state index is -0.825. The number of aliphatic hydroxyl groups is 1. The number of urea groups is 1. The van der Waals surface area contributed by atoms with Gasteiger partial charge in [-0.3, -0.25) is 4.79 Å². The first kappa shape index (κ1) is 16.0. The van der Waals surface area contributed by atoms with Gasteiger partial charge < -0.3 is 24.7 Å². The summed E-state index contributed by atoms with van der Waals surface area (Å²) < 4.78 is 5.47. The number of piperidine rings is 1. The molecule has 0 aromatic carbocycles. The summed E-state index contributed by atoms with van der Waals surface area (Å²) in [4.78, 5) is 26.9. The number of carboxylic acids is 1. The molecule has 120 valence electrons. The molecule has 7 heteroatoms. The number of nitrogens with zero attached hydrogens (tertiary/aromatic N) is 2. The van der Waals surface area contributed by atoms with Gasteiger partial charge in [0, 0.05) is 26.2 Å². The number of ether oxygens (including phenoxy) is 1. The van der Waals surface area contributed by atoms with E-state index in [1.54, 1.807) is 9.80 Å². The highest BCUT2D eigenvalue weighted by atomic mass is 16.5. The third-order valence-electron chi connectivity index (χ3n) is 4.36. The Balaban J connectivity index is 1.81. The van der Waals surface area contributed by atoms with Crippen LogP contribution in [-0.4, -0.2) is 77.5 Å². The highest BCUT2D eigenvalue weighted by Crippen LogP contribution is 2.25. The van der Waals surface area contributed by atoms with Gasteiger partial charge in [0.25, 0.3) is 0 Å². The Bertz CT molecular complexity index is 382. The summed E-state index contributed by atoms with van der Waals surface area (Å²) in [6.45, 7) is 4.28. The van der Waals surface area contributed by atoms with E-state index in [-0.39, 0.29) is 24.7 Å². The van der Waals surface area contributed by atoms with Crippen LogP contribution in [0.4, 0.5) is 4.79 Å². The van der Waals surface area contributed by atoms with Crippen LogP contribution in [0.5, 0.6) is 0 Å². The maximum absolute atomic E-state index is 12.4. The quantitative estimate of drug-likeness (QED) is 0.776. The van der Waals surface area contributed by atoms with Gasteiger partial charge in [-0.15, -0.1) is 0 Å². The van der Waals surface area contributed by atoms with Gasteiger partial charge in [0.2, 0.25) is 0 Å². The lowest BCUT2D eigenvalue weighted by atomic mass is 9.99. The average Bonchev–Trinajstić information content (AvgIpc) is 2.87. The summed E-state index contributed by atoms with van der Waals surface area (Å²) in [6, 6.07) is -0.0637. The van der Waals surface area contributed by atoms with Crippen LogP contribution in [-0.2, 0) is 9.53 Å². The molecule has 2 saturated heterocycles. The molecule has 0 aromatic heterocycles. The molecule has 7 nitrogen and oxygen atoms in total. The third kappa shape index (κ3) is 3.85. The molecule has 2 N–H and O–H groups in total. The second kappa shape index (κ2) is 7.09. The number of hydrogen-bond acceptors (Lipinski definition) is 4. The van der Waals surface area contributed by atoms with E-state index >= 15 is 0 Å². The highest BCUT2D eigenvalue weighted by molar-refractivity contribution is 5.77. The zero-order chi connectivity index (χ0) is 15.4. The Morgan fingerprint density at radius 3 is 2.38 bits per heavy atom. The van der Waals surface area contributed by atoms with Crippen LogP contribution in [0.3, 0.4) is 0 Å². The lowest BCUT2D eigenvalue weighted by molar-refractivity contribution is -0.142. The number of aliphatic hydroxyl groups excluding tert-OH is 1. The van der Waals surface area contributed by atoms with Crippen LogP contribution in [0.25, 0.3) is 0 Å². The second-order valence-electron chi connectivity index (χ2n) is 5.89. The van der Waals surface area contributed by atoms with Gasteiger partial charge >= 0.3 is 12.0 Å². The maximum atomic E-state index is 12.4. The minimum Gasteiger partial charge on any atom is -0.481 e. The number of rotatable bonds is 4. The van der Waals surface area contributed by atoms with Crippen LogP contribution in [0.15, 0.2) is 0 Å². The first-order valence-electron chi connectivity index (χ1n) is 7.52. The molecule has 2 heterocycles. The molecule has 0 aliphatic carbocycles. The van der Waals surface area contributed by atoms with E-state index in [0.717, 1.165) is 12.8 Å². The fourth-order valence-electron chi connectivity index (χ4n) is 3.08. The fraction of sp³-hybridized carbons (Fsp3) is 0.857. The molecule has 0 aromatic rings. The Morgan fingerprint density at radius 2 is 1.86 bits per heavy atom. The Kier molecular flexibility index (Phi) is 5.41. The zero-order valence-electron chi connectivity index (χ0n) is 12.4. The molecule has 2 aliphatic heterocycles. The first-order chi connectivity index (χ1) is 10.0. The van der Waals surface area contributed by atoms with Crippen LogP contribution in [0.1, 0.15) is 19.8 Å². The van der Waals surface area contributed by atoms with E-state index in [4.69, 9.17) is 14.9 Å². The first-order valence-corrected chi connectivity index (χ1v) is 7.52. The summed E-state index contributed by atoms with van der Waals surface area (Å²) >= 11 is 0. The Labute approximate surface area is 124 Å². The van der Waals surface area contributed by atoms with Crippen molar-refractivity contribution < 1.29 is 24.5 Å². The van der Waals surface area contributed by atoms with Gasteiger partial charge in [0.1, 0.15) is 0 Å². The predicted octanol–water partition coefficient (Wildman–Crippen LogP) is 0.232. The number of carbonyl (C=O) groups excluding carboxylic acids is 1. The largest absolute Gasteiger partial charge is 0.481 e. The lowest BCUT2D eigenvalue weighted by Gasteiger charge is -2.34. The van der Waals surface area contributed by atoms with Crippen molar-refractivity contribution in [3.63, 3.8) is 0 Å². The van der Waals surface area contributed by atoms with Gasteiger partial charge in [-0.2, -0.15) is 0 Å². The van der Waals surface area contributed by atoms with Crippen molar-refractivity contribution in [1.29, 1.82) is 0 Å². The highest BCUT2D eigenvalue weighted by Gasteiger charge is 2.38. The second-order valence-corrected chi connectivity index (χ2v) is 5.89. The summed E-state index contributed by atoms with van der Waals surface area (Å²) in [5.74, 6) is -1.29. The van der Waals surface area contributed by atoms with Crippen molar-refractivity contribution in [2.24, 2.45) is 11.8 Å². The number of likely N-dealkylation sites (tertiary alicyclic amines) is 2. The molecular formula is C14H24N2O5. The van der Waals surface area contributed by atoms with E-state index in [0.29, 0.717) is 32.8 Å². The number of hydrogen-bond donors (Lipinski definition) is 2. The number of carbonyl (C=O) groups is 2. The van der Waals surface area contributed by atoms with Gasteiger partial charge in [-0.05, 0) is 18.8 Å². The molecule has 0 saturated carbocycles. The Morgan fingerprint density at radius 1 is 1.19 bits per heavy atom. The molecule has 2 aliphatic rings. The third-order valence-corrected chi connectivity index (χ3v) is 4.36. The fourth-order valence-corrected chi connectivity index (χ4v) is 3.08. The van der Waals surface area contributed by atoms with Crippen molar-refractivity contribution in [3.05, 3.63) is 0 Å². The van der Waals surface area contributed by atoms with Gasteiger partial charge in [-0.25, -0.2) is 4.79 Å². The van der Waals surface area contributed by atoms with E-state index in [1.807, 2.05) is 6.92 Å². The van der Waals surface area contributed by atoms with Crippen LogP contribution in [0.2, 0.25) is 0 Å². The maximum Gasteiger partial charge on any atom is 0.320 e. The van der Waals surface area contributed by atoms with Crippen molar-refractivity contribution in [2.75, 3.05) is 39.4 Å². The summed E-state index contributed by atoms with van der Waals surface area (Å²) in [5.41, 5.74) is 0.